The van der Waals surface area contributed by atoms with Gasteiger partial charge in [0.15, 0.2) is 0 Å². The van der Waals surface area contributed by atoms with E-state index in [9.17, 15) is 9.18 Å². The molecule has 1 atom stereocenters. The highest BCUT2D eigenvalue weighted by Crippen LogP contribution is 2.40. The van der Waals surface area contributed by atoms with Gasteiger partial charge in [0.2, 0.25) is 3.79 Å². The molecule has 8 heteroatoms. The molecule has 2 amide bonds. The zero-order valence-electron chi connectivity index (χ0n) is 12.4. The van der Waals surface area contributed by atoms with Gasteiger partial charge >= 0.3 is 6.03 Å². The topological polar surface area (TPSA) is 41.1 Å². The number of urea groups is 1. The Morgan fingerprint density at radius 1 is 1.17 bits per heavy atom. The number of aryl methyl sites for hydroxylation is 1. The molecule has 0 saturated heterocycles. The van der Waals surface area contributed by atoms with Crippen molar-refractivity contribution in [2.24, 2.45) is 0 Å². The number of anilines is 1. The number of nitrogens with one attached hydrogen (secondary N) is 2. The van der Waals surface area contributed by atoms with Crippen molar-refractivity contribution in [3.8, 4) is 0 Å². The van der Waals surface area contributed by atoms with Gasteiger partial charge in [-0.1, -0.05) is 62.9 Å². The van der Waals surface area contributed by atoms with E-state index in [1.54, 1.807) is 43.3 Å². The number of alkyl halides is 3. The van der Waals surface area contributed by atoms with Crippen molar-refractivity contribution in [1.82, 2.24) is 5.32 Å². The molecule has 3 nitrogen and oxygen atoms in total. The molecular weight excluding hydrogens is 441 g/mol. The number of rotatable bonds is 3. The Hall–Kier alpha value is -1.01. The van der Waals surface area contributed by atoms with Gasteiger partial charge in [-0.3, -0.25) is 0 Å². The first kappa shape index (κ1) is 19.3. The Bertz CT molecular complexity index is 735. The molecule has 24 heavy (non-hydrogen) atoms. The number of carbonyl (C=O) groups excluding carboxylic acids is 1. The second kappa shape index (κ2) is 7.91. The van der Waals surface area contributed by atoms with E-state index in [-0.39, 0.29) is 0 Å². The minimum atomic E-state index is -1.85. The molecule has 0 aliphatic heterocycles. The monoisotopic (exact) mass is 452 g/mol. The molecule has 0 aliphatic carbocycles. The van der Waals surface area contributed by atoms with E-state index >= 15 is 0 Å². The molecule has 0 aromatic heterocycles. The Balaban J connectivity index is 2.18. The fourth-order valence-electron chi connectivity index (χ4n) is 1.97. The van der Waals surface area contributed by atoms with Crippen LogP contribution in [0.3, 0.4) is 0 Å². The molecule has 0 heterocycles. The average molecular weight is 455 g/mol. The van der Waals surface area contributed by atoms with Crippen molar-refractivity contribution in [3.05, 3.63) is 63.9 Å². The lowest BCUT2D eigenvalue weighted by atomic mass is 10.1. The summed E-state index contributed by atoms with van der Waals surface area (Å²) in [6.45, 7) is 1.62. The second-order valence-corrected chi connectivity index (χ2v) is 8.37. The molecule has 2 rings (SSSR count). The first-order valence-electron chi connectivity index (χ1n) is 6.82. The Kier molecular flexibility index (Phi) is 6.37. The molecule has 0 aliphatic rings. The maximum atomic E-state index is 13.8. The van der Waals surface area contributed by atoms with Gasteiger partial charge in [0, 0.05) is 10.2 Å². The summed E-state index contributed by atoms with van der Waals surface area (Å²) in [4.78, 5) is 12.2. The zero-order chi connectivity index (χ0) is 17.9. The lowest BCUT2D eigenvalue weighted by Crippen LogP contribution is -2.39. The normalized spacial score (nSPS) is 12.6. The van der Waals surface area contributed by atoms with Crippen LogP contribution in [0.15, 0.2) is 46.9 Å². The number of halogens is 5. The maximum absolute atomic E-state index is 13.8. The quantitative estimate of drug-likeness (QED) is 0.538. The first-order chi connectivity index (χ1) is 11.2. The van der Waals surface area contributed by atoms with Gasteiger partial charge in [0.1, 0.15) is 11.9 Å². The van der Waals surface area contributed by atoms with Crippen LogP contribution in [-0.4, -0.2) is 9.82 Å². The van der Waals surface area contributed by atoms with Crippen molar-refractivity contribution in [2.45, 2.75) is 16.8 Å². The summed E-state index contributed by atoms with van der Waals surface area (Å²) in [5, 5.41) is 5.19. The van der Waals surface area contributed by atoms with Crippen molar-refractivity contribution in [1.29, 1.82) is 0 Å². The average Bonchev–Trinajstić information content (AvgIpc) is 2.49. The maximum Gasteiger partial charge on any atom is 0.319 e. The summed E-state index contributed by atoms with van der Waals surface area (Å²) in [5.74, 6) is -0.443. The Morgan fingerprint density at radius 3 is 2.33 bits per heavy atom. The van der Waals surface area contributed by atoms with E-state index < -0.39 is 21.7 Å². The molecule has 2 aromatic carbocycles. The Labute approximate surface area is 162 Å². The van der Waals surface area contributed by atoms with Crippen LogP contribution in [0.25, 0.3) is 0 Å². The summed E-state index contributed by atoms with van der Waals surface area (Å²) < 4.78 is 12.8. The van der Waals surface area contributed by atoms with E-state index in [4.69, 9.17) is 34.8 Å². The van der Waals surface area contributed by atoms with E-state index in [2.05, 4.69) is 26.6 Å². The number of hydrogen-bond donors (Lipinski definition) is 2. The van der Waals surface area contributed by atoms with Gasteiger partial charge in [-0.15, -0.1) is 0 Å². The minimum absolute atomic E-state index is 0.351. The minimum Gasteiger partial charge on any atom is -0.327 e. The zero-order valence-corrected chi connectivity index (χ0v) is 16.3. The van der Waals surface area contributed by atoms with Crippen LogP contribution in [0.4, 0.5) is 14.9 Å². The summed E-state index contributed by atoms with van der Waals surface area (Å²) >= 11 is 21.2. The number of hydrogen-bond acceptors (Lipinski definition) is 1. The Morgan fingerprint density at radius 2 is 1.79 bits per heavy atom. The summed E-state index contributed by atoms with van der Waals surface area (Å²) in [5.41, 5.74) is 1.37. The number of carbonyl (C=O) groups is 1. The third-order valence-electron chi connectivity index (χ3n) is 3.23. The van der Waals surface area contributed by atoms with E-state index in [0.717, 1.165) is 4.47 Å². The van der Waals surface area contributed by atoms with Crippen LogP contribution in [0.2, 0.25) is 0 Å². The second-order valence-electron chi connectivity index (χ2n) is 5.09. The van der Waals surface area contributed by atoms with Crippen LogP contribution in [-0.2, 0) is 0 Å². The fraction of sp³-hybridized carbons (Fsp3) is 0.188. The fourth-order valence-corrected chi connectivity index (χ4v) is 2.78. The van der Waals surface area contributed by atoms with E-state index in [1.807, 2.05) is 0 Å². The van der Waals surface area contributed by atoms with Crippen LogP contribution in [0.5, 0.6) is 0 Å². The van der Waals surface area contributed by atoms with Gasteiger partial charge in [0.05, 0.1) is 0 Å². The van der Waals surface area contributed by atoms with Crippen LogP contribution in [0, 0.1) is 12.7 Å². The van der Waals surface area contributed by atoms with Gasteiger partial charge in [-0.25, -0.2) is 9.18 Å². The molecule has 2 N–H and O–H groups in total. The molecular formula is C16H13BrCl3FN2O. The number of amides is 2. The lowest BCUT2D eigenvalue weighted by Gasteiger charge is -2.26. The molecule has 0 fully saturated rings. The molecule has 0 bridgehead atoms. The molecule has 2 aromatic rings. The van der Waals surface area contributed by atoms with Crippen molar-refractivity contribution < 1.29 is 9.18 Å². The highest BCUT2D eigenvalue weighted by Gasteiger charge is 2.35. The lowest BCUT2D eigenvalue weighted by molar-refractivity contribution is 0.248. The van der Waals surface area contributed by atoms with Gasteiger partial charge in [-0.05, 0) is 48.4 Å². The molecule has 0 spiro atoms. The standard InChI is InChI=1S/C16H13BrCl3FN2O/c1-9-2-3-10(8-13(9)21)14(16(18,19)20)23-15(24)22-12-6-4-11(17)5-7-12/h2-8,14H,1H3,(H2,22,23,24). The van der Waals surface area contributed by atoms with Crippen molar-refractivity contribution in [3.63, 3.8) is 0 Å². The van der Waals surface area contributed by atoms with Gasteiger partial charge in [-0.2, -0.15) is 0 Å². The predicted molar refractivity (Wildman–Crippen MR) is 100 cm³/mol. The molecule has 0 radical (unpaired) electrons. The summed E-state index contributed by atoms with van der Waals surface area (Å²) in [6, 6.07) is 9.77. The van der Waals surface area contributed by atoms with Gasteiger partial charge < -0.3 is 10.6 Å². The first-order valence-corrected chi connectivity index (χ1v) is 8.75. The van der Waals surface area contributed by atoms with E-state index in [0.29, 0.717) is 16.8 Å². The smallest absolute Gasteiger partial charge is 0.319 e. The molecule has 0 saturated carbocycles. The van der Waals surface area contributed by atoms with Gasteiger partial charge in [0.25, 0.3) is 0 Å². The van der Waals surface area contributed by atoms with Crippen LogP contribution >= 0.6 is 50.7 Å². The number of benzene rings is 2. The third-order valence-corrected chi connectivity index (χ3v) is 4.42. The molecule has 1 unspecified atom stereocenters. The SMILES string of the molecule is Cc1ccc(C(NC(=O)Nc2ccc(Br)cc2)C(Cl)(Cl)Cl)cc1F. The summed E-state index contributed by atoms with van der Waals surface area (Å²) in [7, 11) is 0. The third kappa shape index (κ3) is 5.24. The highest BCUT2D eigenvalue weighted by molar-refractivity contribution is 9.10. The molecule has 128 valence electrons. The summed E-state index contributed by atoms with van der Waals surface area (Å²) in [6.07, 6.45) is 0. The van der Waals surface area contributed by atoms with Crippen molar-refractivity contribution >= 4 is 62.5 Å². The van der Waals surface area contributed by atoms with Crippen LogP contribution in [0.1, 0.15) is 17.2 Å². The van der Waals surface area contributed by atoms with Crippen molar-refractivity contribution in [2.75, 3.05) is 5.32 Å². The van der Waals surface area contributed by atoms with E-state index in [1.165, 1.54) is 6.07 Å². The predicted octanol–water partition coefficient (Wildman–Crippen LogP) is 6.13. The highest BCUT2D eigenvalue weighted by atomic mass is 79.9. The van der Waals surface area contributed by atoms with Crippen LogP contribution < -0.4 is 10.6 Å². The largest absolute Gasteiger partial charge is 0.327 e.